The van der Waals surface area contributed by atoms with Crippen LogP contribution in [0.1, 0.15) is 33.9 Å². The van der Waals surface area contributed by atoms with Crippen LogP contribution in [0, 0.1) is 13.8 Å². The molecule has 0 unspecified atom stereocenters. The van der Waals surface area contributed by atoms with E-state index in [1.165, 1.54) is 11.1 Å². The second-order valence-electron chi connectivity index (χ2n) is 12.5. The highest BCUT2D eigenvalue weighted by Crippen LogP contribution is 2.35. The zero-order valence-corrected chi connectivity index (χ0v) is 27.5. The molecule has 8 nitrogen and oxygen atoms in total. The predicted molar refractivity (Wildman–Crippen MR) is 198 cm³/mol. The van der Waals surface area contributed by atoms with Crippen LogP contribution < -0.4 is 9.13 Å². The van der Waals surface area contributed by atoms with Crippen molar-refractivity contribution in [2.75, 3.05) is 0 Å². The van der Waals surface area contributed by atoms with Crippen LogP contribution in [0.25, 0.3) is 80.0 Å². The van der Waals surface area contributed by atoms with Gasteiger partial charge in [0.1, 0.15) is 22.4 Å². The van der Waals surface area contributed by atoms with E-state index < -0.39 is 0 Å². The minimum Gasteiger partial charge on any atom is -0.349 e. The number of hydrogen-bond donors (Lipinski definition) is 2. The van der Waals surface area contributed by atoms with Crippen molar-refractivity contribution in [1.29, 1.82) is 0 Å². The summed E-state index contributed by atoms with van der Waals surface area (Å²) in [5, 5.41) is 0. The van der Waals surface area contributed by atoms with E-state index in [1.54, 1.807) is 0 Å². The standard InChI is InChI=1S/C42H32N8/c1-27-15-23-49(24-16-27)41-35-7-5-33(46-35)39(29-11-19-43-20-12-29)31-3-4-32(45-31)40(30-13-21-44-22-14-30)34-6-8-36(47-34)42(38-10-9-37(41)48-38)50-25-17-28(2)18-26-50/h3-26,46-47H,1-2H3/q+2. The smallest absolute Gasteiger partial charge is 0.260 e. The van der Waals surface area contributed by atoms with Gasteiger partial charge in [0.05, 0.1) is 11.4 Å². The van der Waals surface area contributed by atoms with Gasteiger partial charge in [-0.05, 0) is 109 Å². The van der Waals surface area contributed by atoms with Crippen LogP contribution in [0.2, 0.25) is 0 Å². The quantitative estimate of drug-likeness (QED) is 0.190. The molecule has 0 aliphatic carbocycles. The lowest BCUT2D eigenvalue weighted by Crippen LogP contribution is -2.31. The first-order valence-corrected chi connectivity index (χ1v) is 16.5. The molecule has 7 aromatic rings. The van der Waals surface area contributed by atoms with Crippen molar-refractivity contribution >= 4 is 46.4 Å². The Kier molecular flexibility index (Phi) is 7.05. The third kappa shape index (κ3) is 5.20. The molecule has 8 heteroatoms. The molecule has 0 saturated carbocycles. The second-order valence-corrected chi connectivity index (χ2v) is 12.5. The molecule has 0 saturated heterocycles. The summed E-state index contributed by atoms with van der Waals surface area (Å²) in [7, 11) is 0. The maximum atomic E-state index is 5.34. The number of nitrogens with one attached hydrogen (secondary N) is 2. The Morgan fingerprint density at radius 1 is 0.420 bits per heavy atom. The topological polar surface area (TPSA) is 90.9 Å². The van der Waals surface area contributed by atoms with Gasteiger partial charge in [-0.3, -0.25) is 9.97 Å². The first kappa shape index (κ1) is 29.3. The van der Waals surface area contributed by atoms with Gasteiger partial charge in [-0.2, -0.15) is 9.13 Å². The van der Waals surface area contributed by atoms with Crippen LogP contribution in [0.15, 0.2) is 122 Å². The van der Waals surface area contributed by atoms with E-state index in [0.29, 0.717) is 0 Å². The molecule has 0 radical (unpaired) electrons. The Morgan fingerprint density at radius 3 is 1.20 bits per heavy atom. The molecule has 50 heavy (non-hydrogen) atoms. The number of aromatic amines is 2. The molecule has 238 valence electrons. The maximum absolute atomic E-state index is 5.34. The number of nitrogens with zero attached hydrogens (tertiary/aromatic N) is 6. The van der Waals surface area contributed by atoms with E-state index in [9.17, 15) is 0 Å². The molecule has 7 aromatic heterocycles. The van der Waals surface area contributed by atoms with E-state index in [1.807, 2.05) is 49.1 Å². The average Bonchev–Trinajstić information content (AvgIpc) is 3.98. The Bertz CT molecular complexity index is 2450. The minimum absolute atomic E-state index is 0.842. The van der Waals surface area contributed by atoms with Gasteiger partial charge in [-0.25, -0.2) is 9.97 Å². The highest BCUT2D eigenvalue weighted by atomic mass is 15.0. The number of fused-ring (bicyclic) bond motifs is 8. The lowest BCUT2D eigenvalue weighted by atomic mass is 10.1. The van der Waals surface area contributed by atoms with Crippen molar-refractivity contribution in [2.45, 2.75) is 13.8 Å². The summed E-state index contributed by atoms with van der Waals surface area (Å²) in [5.41, 5.74) is 15.4. The second kappa shape index (κ2) is 12.0. The Morgan fingerprint density at radius 2 is 0.780 bits per heavy atom. The molecule has 0 amide bonds. The first-order chi connectivity index (χ1) is 24.6. The Balaban J connectivity index is 1.48. The fourth-order valence-corrected chi connectivity index (χ4v) is 6.66. The van der Waals surface area contributed by atoms with Crippen LogP contribution in [0.4, 0.5) is 0 Å². The number of pyridine rings is 4. The summed E-state index contributed by atoms with van der Waals surface area (Å²) in [4.78, 5) is 26.8. The molecule has 0 atom stereocenters. The Labute approximate surface area is 288 Å². The molecule has 0 aromatic carbocycles. The predicted octanol–water partition coefficient (Wildman–Crippen LogP) is 7.95. The largest absolute Gasteiger partial charge is 0.349 e. The summed E-state index contributed by atoms with van der Waals surface area (Å²) >= 11 is 0. The molecule has 9 heterocycles. The van der Waals surface area contributed by atoms with Gasteiger partial charge < -0.3 is 9.97 Å². The lowest BCUT2D eigenvalue weighted by molar-refractivity contribution is -0.595. The minimum atomic E-state index is 0.842. The van der Waals surface area contributed by atoms with Gasteiger partial charge in [-0.15, -0.1) is 0 Å². The van der Waals surface area contributed by atoms with E-state index in [4.69, 9.17) is 9.97 Å². The van der Waals surface area contributed by atoms with Crippen LogP contribution >= 0.6 is 0 Å². The Hall–Kier alpha value is -6.80. The van der Waals surface area contributed by atoms with Gasteiger partial charge in [0.25, 0.3) is 11.4 Å². The van der Waals surface area contributed by atoms with Crippen LogP contribution in [0.5, 0.6) is 0 Å². The maximum Gasteiger partial charge on any atom is 0.260 e. The molecule has 0 fully saturated rings. The van der Waals surface area contributed by atoms with Crippen molar-refractivity contribution in [1.82, 2.24) is 29.9 Å². The lowest BCUT2D eigenvalue weighted by Gasteiger charge is -2.05. The van der Waals surface area contributed by atoms with E-state index in [-0.39, 0.29) is 0 Å². The highest BCUT2D eigenvalue weighted by molar-refractivity contribution is 5.96. The average molecular weight is 649 g/mol. The van der Waals surface area contributed by atoms with Gasteiger partial charge >= 0.3 is 0 Å². The molecule has 0 spiro atoms. The third-order valence-corrected chi connectivity index (χ3v) is 9.14. The zero-order chi connectivity index (χ0) is 33.6. The van der Waals surface area contributed by atoms with E-state index >= 15 is 0 Å². The summed E-state index contributed by atoms with van der Waals surface area (Å²) in [5.74, 6) is 0. The van der Waals surface area contributed by atoms with Gasteiger partial charge in [-0.1, -0.05) is 0 Å². The van der Waals surface area contributed by atoms with Crippen molar-refractivity contribution in [2.24, 2.45) is 0 Å². The number of rotatable bonds is 4. The molecule has 2 aliphatic rings. The fourth-order valence-electron chi connectivity index (χ4n) is 6.66. The molecule has 9 rings (SSSR count). The molecule has 2 N–H and O–H groups in total. The summed E-state index contributed by atoms with van der Waals surface area (Å²) in [6.07, 6.45) is 24.0. The highest BCUT2D eigenvalue weighted by Gasteiger charge is 2.24. The molecular weight excluding hydrogens is 617 g/mol. The number of hydrogen-bond acceptors (Lipinski definition) is 4. The number of H-pyrrole nitrogens is 2. The summed E-state index contributed by atoms with van der Waals surface area (Å²) in [6, 6.07) is 25.0. The fraction of sp³-hybridized carbons (Fsp3) is 0.0476. The van der Waals surface area contributed by atoms with Gasteiger partial charge in [0.15, 0.2) is 24.8 Å². The van der Waals surface area contributed by atoms with Crippen molar-refractivity contribution in [3.63, 3.8) is 0 Å². The van der Waals surface area contributed by atoms with Crippen LogP contribution in [-0.4, -0.2) is 29.9 Å². The first-order valence-electron chi connectivity index (χ1n) is 16.5. The van der Waals surface area contributed by atoms with E-state index in [0.717, 1.165) is 78.5 Å². The monoisotopic (exact) mass is 648 g/mol. The summed E-state index contributed by atoms with van der Waals surface area (Å²) in [6.45, 7) is 4.19. The molecular formula is C42H32N8+2. The SMILES string of the molecule is Cc1cc[n+](-c2c3nc(c(-[n+]4ccc(C)cc4)c4ccc([nH]4)c(-c4ccncc4)c4nc(c(-c5ccncc5)c5ccc2[nH]5)C=C4)C=C3)cc1. The van der Waals surface area contributed by atoms with Crippen molar-refractivity contribution < 1.29 is 9.13 Å². The van der Waals surface area contributed by atoms with Gasteiger partial charge in [0.2, 0.25) is 0 Å². The molecule has 8 bridgehead atoms. The van der Waals surface area contributed by atoms with Crippen LogP contribution in [0.3, 0.4) is 0 Å². The number of aryl methyl sites for hydroxylation is 2. The number of aromatic nitrogens is 8. The molecule has 2 aliphatic heterocycles. The van der Waals surface area contributed by atoms with Crippen LogP contribution in [-0.2, 0) is 0 Å². The normalized spacial score (nSPS) is 12.0. The van der Waals surface area contributed by atoms with Crippen molar-refractivity contribution in [3.05, 3.63) is 156 Å². The van der Waals surface area contributed by atoms with Gasteiger partial charge in [0, 0.05) is 71.2 Å². The third-order valence-electron chi connectivity index (χ3n) is 9.14. The zero-order valence-electron chi connectivity index (χ0n) is 27.5. The van der Waals surface area contributed by atoms with E-state index in [2.05, 4.69) is 141 Å². The summed E-state index contributed by atoms with van der Waals surface area (Å²) < 4.78 is 4.26. The van der Waals surface area contributed by atoms with Crippen molar-refractivity contribution in [3.8, 4) is 33.6 Å².